The van der Waals surface area contributed by atoms with Gasteiger partial charge in [-0.3, -0.25) is 0 Å². The molecule has 0 aliphatic heterocycles. The minimum atomic E-state index is 0.572. The van der Waals surface area contributed by atoms with E-state index >= 15 is 0 Å². The Morgan fingerprint density at radius 1 is 1.21 bits per heavy atom. The van der Waals surface area contributed by atoms with Crippen LogP contribution in [-0.2, 0) is 0 Å². The van der Waals surface area contributed by atoms with E-state index in [0.29, 0.717) is 17.5 Å². The molecule has 4 nitrogen and oxygen atoms in total. The smallest absolute Gasteiger partial charge is 0.143 e. The summed E-state index contributed by atoms with van der Waals surface area (Å²) in [5, 5.41) is 0. The second-order valence-electron chi connectivity index (χ2n) is 4.50. The number of benzene rings is 1. The van der Waals surface area contributed by atoms with Crippen LogP contribution in [0.5, 0.6) is 11.5 Å². The molecule has 1 heterocycles. The van der Waals surface area contributed by atoms with Gasteiger partial charge >= 0.3 is 0 Å². The summed E-state index contributed by atoms with van der Waals surface area (Å²) in [6.45, 7) is 4.41. The van der Waals surface area contributed by atoms with Crippen molar-refractivity contribution in [1.82, 2.24) is 4.98 Å². The molecule has 4 heteroatoms. The molecule has 0 spiro atoms. The Morgan fingerprint density at radius 3 is 2.58 bits per heavy atom. The lowest BCUT2D eigenvalue weighted by atomic mass is 9.99. The molecule has 0 amide bonds. The van der Waals surface area contributed by atoms with E-state index < -0.39 is 0 Å². The predicted octanol–water partition coefficient (Wildman–Crippen LogP) is 3.67. The second-order valence-corrected chi connectivity index (χ2v) is 4.50. The summed E-state index contributed by atoms with van der Waals surface area (Å²) < 4.78 is 5.75. The van der Waals surface area contributed by atoms with Gasteiger partial charge in [-0.1, -0.05) is 26.0 Å². The number of anilines is 1. The first-order chi connectivity index (χ1) is 9.22. The van der Waals surface area contributed by atoms with Gasteiger partial charge in [0.1, 0.15) is 17.3 Å². The van der Waals surface area contributed by atoms with Gasteiger partial charge in [0.15, 0.2) is 0 Å². The molecule has 1 aromatic carbocycles. The van der Waals surface area contributed by atoms with E-state index in [4.69, 9.17) is 10.6 Å². The van der Waals surface area contributed by atoms with Crippen LogP contribution < -0.4 is 16.0 Å². The lowest BCUT2D eigenvalue weighted by Crippen LogP contribution is -2.08. The highest BCUT2D eigenvalue weighted by Gasteiger charge is 2.04. The molecule has 2 aromatic rings. The van der Waals surface area contributed by atoms with Crippen LogP contribution in [-0.4, -0.2) is 4.98 Å². The zero-order valence-corrected chi connectivity index (χ0v) is 11.3. The summed E-state index contributed by atoms with van der Waals surface area (Å²) in [4.78, 5) is 4.03. The van der Waals surface area contributed by atoms with E-state index in [1.165, 1.54) is 5.56 Å². The van der Waals surface area contributed by atoms with Gasteiger partial charge in [-0.25, -0.2) is 10.8 Å². The number of hydrazine groups is 1. The molecule has 2 rings (SSSR count). The average Bonchev–Trinajstić information content (AvgIpc) is 2.47. The zero-order valence-electron chi connectivity index (χ0n) is 11.3. The molecule has 3 N–H and O–H groups in total. The van der Waals surface area contributed by atoms with E-state index in [1.807, 2.05) is 12.1 Å². The number of hydrogen-bond donors (Lipinski definition) is 2. The third-order valence-electron chi connectivity index (χ3n) is 3.18. The van der Waals surface area contributed by atoms with E-state index in [0.717, 1.165) is 12.2 Å². The molecule has 1 aromatic heterocycles. The number of nitrogens with one attached hydrogen (secondary N) is 1. The highest BCUT2D eigenvalue weighted by Crippen LogP contribution is 2.25. The third kappa shape index (κ3) is 3.45. The number of pyridine rings is 1. The summed E-state index contributed by atoms with van der Waals surface area (Å²) in [7, 11) is 0. The molecule has 100 valence electrons. The van der Waals surface area contributed by atoms with Crippen molar-refractivity contribution < 1.29 is 4.74 Å². The quantitative estimate of drug-likeness (QED) is 0.633. The fourth-order valence-corrected chi connectivity index (χ4v) is 1.79. The Balaban J connectivity index is 2.10. The second kappa shape index (κ2) is 6.20. The topological polar surface area (TPSA) is 60.2 Å². The van der Waals surface area contributed by atoms with Crippen molar-refractivity contribution in [3.05, 3.63) is 48.2 Å². The van der Waals surface area contributed by atoms with Crippen molar-refractivity contribution in [2.45, 2.75) is 26.2 Å². The largest absolute Gasteiger partial charge is 0.457 e. The number of rotatable bonds is 5. The standard InChI is InChI=1S/C15H19N3O/c1-3-11(2)12-4-6-13(7-5-12)19-14-8-9-17-15(10-14)18-16/h4-11H,3,16H2,1-2H3,(H,17,18). The summed E-state index contributed by atoms with van der Waals surface area (Å²) in [6.07, 6.45) is 2.79. The van der Waals surface area contributed by atoms with Crippen molar-refractivity contribution >= 4 is 5.82 Å². The Labute approximate surface area is 113 Å². The molecule has 0 fully saturated rings. The Hall–Kier alpha value is -2.07. The normalized spacial score (nSPS) is 11.9. The molecule has 0 saturated carbocycles. The minimum Gasteiger partial charge on any atom is -0.457 e. The molecule has 1 unspecified atom stereocenters. The fourth-order valence-electron chi connectivity index (χ4n) is 1.79. The summed E-state index contributed by atoms with van der Waals surface area (Å²) in [5.41, 5.74) is 3.82. The number of aromatic nitrogens is 1. The highest BCUT2D eigenvalue weighted by atomic mass is 16.5. The number of hydrogen-bond acceptors (Lipinski definition) is 4. The maximum atomic E-state index is 5.75. The van der Waals surface area contributed by atoms with Crippen LogP contribution in [0.25, 0.3) is 0 Å². The molecule has 0 aliphatic rings. The monoisotopic (exact) mass is 257 g/mol. The van der Waals surface area contributed by atoms with E-state index in [9.17, 15) is 0 Å². The summed E-state index contributed by atoms with van der Waals surface area (Å²) >= 11 is 0. The van der Waals surface area contributed by atoms with Gasteiger partial charge in [0.25, 0.3) is 0 Å². The summed E-state index contributed by atoms with van der Waals surface area (Å²) in [6, 6.07) is 11.7. The maximum Gasteiger partial charge on any atom is 0.143 e. The molecule has 0 aliphatic carbocycles. The number of nitrogens with zero attached hydrogens (tertiary/aromatic N) is 1. The Kier molecular flexibility index (Phi) is 4.36. The molecule has 1 atom stereocenters. The summed E-state index contributed by atoms with van der Waals surface area (Å²) in [5.74, 6) is 7.98. The Bertz CT molecular complexity index is 525. The Morgan fingerprint density at radius 2 is 1.95 bits per heavy atom. The first-order valence-electron chi connectivity index (χ1n) is 6.43. The van der Waals surface area contributed by atoms with Gasteiger partial charge in [0, 0.05) is 12.3 Å². The lowest BCUT2D eigenvalue weighted by molar-refractivity contribution is 0.482. The first-order valence-corrected chi connectivity index (χ1v) is 6.43. The number of nitrogens with two attached hydrogens (primary N) is 1. The van der Waals surface area contributed by atoms with Crippen LogP contribution in [0.15, 0.2) is 42.6 Å². The molecule has 0 bridgehead atoms. The fraction of sp³-hybridized carbons (Fsp3) is 0.267. The third-order valence-corrected chi connectivity index (χ3v) is 3.18. The van der Waals surface area contributed by atoms with Crippen LogP contribution >= 0.6 is 0 Å². The van der Waals surface area contributed by atoms with Crippen LogP contribution in [0.2, 0.25) is 0 Å². The van der Waals surface area contributed by atoms with Crippen molar-refractivity contribution in [1.29, 1.82) is 0 Å². The van der Waals surface area contributed by atoms with Crippen molar-refractivity contribution in [2.75, 3.05) is 5.43 Å². The number of nitrogen functional groups attached to an aromatic ring is 1. The van der Waals surface area contributed by atoms with Crippen LogP contribution in [0.4, 0.5) is 5.82 Å². The first kappa shape index (κ1) is 13.4. The molecule has 0 saturated heterocycles. The SMILES string of the molecule is CCC(C)c1ccc(Oc2ccnc(NN)c2)cc1. The van der Waals surface area contributed by atoms with Crippen molar-refractivity contribution in [3.63, 3.8) is 0 Å². The van der Waals surface area contributed by atoms with Gasteiger partial charge in [0.05, 0.1) is 0 Å². The van der Waals surface area contributed by atoms with Gasteiger partial charge in [-0.05, 0) is 36.1 Å². The molecule has 0 radical (unpaired) electrons. The molecular weight excluding hydrogens is 238 g/mol. The molecule has 19 heavy (non-hydrogen) atoms. The zero-order chi connectivity index (χ0) is 13.7. The van der Waals surface area contributed by atoms with Crippen LogP contribution in [0.3, 0.4) is 0 Å². The van der Waals surface area contributed by atoms with E-state index in [2.05, 4.69) is 36.4 Å². The lowest BCUT2D eigenvalue weighted by Gasteiger charge is -2.11. The van der Waals surface area contributed by atoms with Gasteiger partial charge < -0.3 is 10.2 Å². The average molecular weight is 257 g/mol. The van der Waals surface area contributed by atoms with Crippen molar-refractivity contribution in [2.24, 2.45) is 5.84 Å². The van der Waals surface area contributed by atoms with Crippen LogP contribution in [0.1, 0.15) is 31.7 Å². The highest BCUT2D eigenvalue weighted by molar-refractivity contribution is 5.41. The van der Waals surface area contributed by atoms with E-state index in [-0.39, 0.29) is 0 Å². The minimum absolute atomic E-state index is 0.572. The number of ether oxygens (including phenoxy) is 1. The van der Waals surface area contributed by atoms with E-state index in [1.54, 1.807) is 18.3 Å². The van der Waals surface area contributed by atoms with Crippen LogP contribution in [0, 0.1) is 0 Å². The van der Waals surface area contributed by atoms with Gasteiger partial charge in [0.2, 0.25) is 0 Å². The predicted molar refractivity (Wildman–Crippen MR) is 77.3 cm³/mol. The molecular formula is C15H19N3O. The maximum absolute atomic E-state index is 5.75. The van der Waals surface area contributed by atoms with Gasteiger partial charge in [-0.2, -0.15) is 0 Å². The van der Waals surface area contributed by atoms with Crippen molar-refractivity contribution in [3.8, 4) is 11.5 Å². The van der Waals surface area contributed by atoms with Gasteiger partial charge in [-0.15, -0.1) is 0 Å².